The quantitative estimate of drug-likeness (QED) is 0.589. The number of carbonyl (C=O) groups is 1. The van der Waals surface area contributed by atoms with Crippen molar-refractivity contribution in [2.24, 2.45) is 5.92 Å². The van der Waals surface area contributed by atoms with Crippen LogP contribution in [-0.2, 0) is 9.53 Å². The Morgan fingerprint density at radius 2 is 2.11 bits per heavy atom. The fourth-order valence-corrected chi connectivity index (χ4v) is 3.35. The van der Waals surface area contributed by atoms with E-state index in [4.69, 9.17) is 4.74 Å². The lowest BCUT2D eigenvalue weighted by Gasteiger charge is -2.44. The van der Waals surface area contributed by atoms with E-state index < -0.39 is 0 Å². The molecule has 2 aliphatic heterocycles. The standard InChI is InChI=1S/C14H24BrNO2/c1-2-12(15)14(17)18-10-11-6-5-9-16-8-4-3-7-13(11)16/h11-13H,2-10H2,1H3/t11-,12?,13+/m0/s1. The van der Waals surface area contributed by atoms with E-state index in [2.05, 4.69) is 20.8 Å². The Kier molecular flexibility index (Phi) is 5.49. The van der Waals surface area contributed by atoms with E-state index >= 15 is 0 Å². The van der Waals surface area contributed by atoms with Gasteiger partial charge in [-0.05, 0) is 45.2 Å². The van der Waals surface area contributed by atoms with Gasteiger partial charge in [0.25, 0.3) is 0 Å². The number of ether oxygens (including phenoxy) is 1. The lowest BCUT2D eigenvalue weighted by Crippen LogP contribution is -2.49. The highest BCUT2D eigenvalue weighted by Crippen LogP contribution is 2.31. The van der Waals surface area contributed by atoms with Gasteiger partial charge in [-0.15, -0.1) is 0 Å². The number of piperidine rings is 2. The molecule has 3 nitrogen and oxygen atoms in total. The van der Waals surface area contributed by atoms with Crippen molar-refractivity contribution in [3.63, 3.8) is 0 Å². The summed E-state index contributed by atoms with van der Waals surface area (Å²) in [6.07, 6.45) is 7.22. The molecule has 2 fully saturated rings. The van der Waals surface area contributed by atoms with Crippen molar-refractivity contribution >= 4 is 21.9 Å². The zero-order chi connectivity index (χ0) is 13.0. The number of hydrogen-bond donors (Lipinski definition) is 0. The van der Waals surface area contributed by atoms with Crippen LogP contribution in [0.4, 0.5) is 0 Å². The van der Waals surface area contributed by atoms with E-state index in [-0.39, 0.29) is 10.8 Å². The number of fused-ring (bicyclic) bond motifs is 1. The van der Waals surface area contributed by atoms with Crippen LogP contribution in [0.15, 0.2) is 0 Å². The Hall–Kier alpha value is -0.0900. The van der Waals surface area contributed by atoms with Gasteiger partial charge in [0, 0.05) is 12.0 Å². The number of rotatable bonds is 4. The highest BCUT2D eigenvalue weighted by atomic mass is 79.9. The van der Waals surface area contributed by atoms with Crippen LogP contribution in [0.1, 0.15) is 45.4 Å². The van der Waals surface area contributed by atoms with Gasteiger partial charge < -0.3 is 4.74 Å². The van der Waals surface area contributed by atoms with Crippen molar-refractivity contribution in [2.45, 2.75) is 56.3 Å². The van der Waals surface area contributed by atoms with Gasteiger partial charge in [0.15, 0.2) is 0 Å². The summed E-state index contributed by atoms with van der Waals surface area (Å²) in [4.78, 5) is 14.2. The molecule has 2 rings (SSSR count). The van der Waals surface area contributed by atoms with E-state index in [0.717, 1.165) is 6.42 Å². The maximum absolute atomic E-state index is 11.7. The van der Waals surface area contributed by atoms with Crippen molar-refractivity contribution in [1.29, 1.82) is 0 Å². The minimum atomic E-state index is -0.136. The molecular formula is C14H24BrNO2. The van der Waals surface area contributed by atoms with Gasteiger partial charge in [0.2, 0.25) is 0 Å². The van der Waals surface area contributed by atoms with Crippen molar-refractivity contribution in [3.8, 4) is 0 Å². The molecule has 104 valence electrons. The molecule has 0 aliphatic carbocycles. The Morgan fingerprint density at radius 3 is 2.89 bits per heavy atom. The minimum Gasteiger partial charge on any atom is -0.464 e. The molecule has 2 heterocycles. The van der Waals surface area contributed by atoms with Crippen LogP contribution in [0.3, 0.4) is 0 Å². The monoisotopic (exact) mass is 317 g/mol. The van der Waals surface area contributed by atoms with E-state index in [1.54, 1.807) is 0 Å². The summed E-state index contributed by atoms with van der Waals surface area (Å²) in [6, 6.07) is 0.663. The summed E-state index contributed by atoms with van der Waals surface area (Å²) in [5, 5.41) is 0. The lowest BCUT2D eigenvalue weighted by atomic mass is 9.84. The summed E-state index contributed by atoms with van der Waals surface area (Å²) in [5.74, 6) is 0.463. The van der Waals surface area contributed by atoms with E-state index in [0.29, 0.717) is 18.6 Å². The zero-order valence-corrected chi connectivity index (χ0v) is 12.8. The lowest BCUT2D eigenvalue weighted by molar-refractivity contribution is -0.145. The Morgan fingerprint density at radius 1 is 1.33 bits per heavy atom. The van der Waals surface area contributed by atoms with Crippen LogP contribution in [0.25, 0.3) is 0 Å². The topological polar surface area (TPSA) is 29.5 Å². The number of nitrogens with zero attached hydrogens (tertiary/aromatic N) is 1. The molecule has 18 heavy (non-hydrogen) atoms. The molecule has 1 unspecified atom stereocenters. The summed E-state index contributed by atoms with van der Waals surface area (Å²) < 4.78 is 5.47. The van der Waals surface area contributed by atoms with Gasteiger partial charge in [0.1, 0.15) is 4.83 Å². The number of halogens is 1. The number of hydrogen-bond acceptors (Lipinski definition) is 3. The van der Waals surface area contributed by atoms with Gasteiger partial charge in [-0.3, -0.25) is 9.69 Å². The third-order valence-corrected chi connectivity index (χ3v) is 5.30. The predicted octanol–water partition coefficient (Wildman–Crippen LogP) is 2.97. The fraction of sp³-hybridized carbons (Fsp3) is 0.929. The van der Waals surface area contributed by atoms with Gasteiger partial charge in [-0.1, -0.05) is 29.3 Å². The summed E-state index contributed by atoms with van der Waals surface area (Å²) >= 11 is 3.35. The molecule has 0 radical (unpaired) electrons. The normalized spacial score (nSPS) is 30.6. The first-order chi connectivity index (χ1) is 8.72. The third kappa shape index (κ3) is 3.47. The molecular weight excluding hydrogens is 294 g/mol. The maximum Gasteiger partial charge on any atom is 0.319 e. The molecule has 0 saturated carbocycles. The van der Waals surface area contributed by atoms with Crippen LogP contribution >= 0.6 is 15.9 Å². The van der Waals surface area contributed by atoms with Gasteiger partial charge >= 0.3 is 5.97 Å². The number of carbonyl (C=O) groups excluding carboxylic acids is 1. The second-order valence-corrected chi connectivity index (χ2v) is 6.61. The van der Waals surface area contributed by atoms with Crippen LogP contribution in [0.2, 0.25) is 0 Å². The van der Waals surface area contributed by atoms with Crippen molar-refractivity contribution in [3.05, 3.63) is 0 Å². The molecule has 0 spiro atoms. The molecule has 0 bridgehead atoms. The second-order valence-electron chi connectivity index (χ2n) is 5.51. The van der Waals surface area contributed by atoms with E-state index in [1.165, 1.54) is 45.2 Å². The molecule has 0 N–H and O–H groups in total. The molecule has 0 aromatic carbocycles. The van der Waals surface area contributed by atoms with Crippen LogP contribution in [0, 0.1) is 5.92 Å². The van der Waals surface area contributed by atoms with E-state index in [9.17, 15) is 4.79 Å². The summed E-state index contributed by atoms with van der Waals surface area (Å²) in [5.41, 5.74) is 0. The van der Waals surface area contributed by atoms with Crippen LogP contribution in [-0.4, -0.2) is 41.4 Å². The Bertz CT molecular complexity index is 283. The molecule has 0 aromatic rings. The van der Waals surface area contributed by atoms with Gasteiger partial charge in [-0.2, -0.15) is 0 Å². The predicted molar refractivity (Wildman–Crippen MR) is 75.9 cm³/mol. The number of esters is 1. The highest BCUT2D eigenvalue weighted by Gasteiger charge is 2.33. The second kappa shape index (κ2) is 6.90. The minimum absolute atomic E-state index is 0.0922. The molecule has 0 amide bonds. The number of alkyl halides is 1. The molecule has 2 saturated heterocycles. The van der Waals surface area contributed by atoms with Crippen LogP contribution < -0.4 is 0 Å². The SMILES string of the molecule is CCC(Br)C(=O)OC[C@@H]1CCCN2CCCC[C@H]12. The fourth-order valence-electron chi connectivity index (χ4n) is 3.22. The maximum atomic E-state index is 11.7. The Balaban J connectivity index is 1.82. The van der Waals surface area contributed by atoms with Crippen molar-refractivity contribution in [2.75, 3.05) is 19.7 Å². The smallest absolute Gasteiger partial charge is 0.319 e. The molecule has 4 heteroatoms. The first kappa shape index (κ1) is 14.3. The first-order valence-electron chi connectivity index (χ1n) is 7.27. The first-order valence-corrected chi connectivity index (χ1v) is 8.18. The molecule has 2 aliphatic rings. The largest absolute Gasteiger partial charge is 0.464 e. The molecule has 3 atom stereocenters. The summed E-state index contributed by atoms with van der Waals surface area (Å²) in [6.45, 7) is 5.09. The third-order valence-electron chi connectivity index (χ3n) is 4.28. The molecule has 0 aromatic heterocycles. The van der Waals surface area contributed by atoms with E-state index in [1.807, 2.05) is 6.92 Å². The average Bonchev–Trinajstić information content (AvgIpc) is 2.43. The Labute approximate surface area is 118 Å². The van der Waals surface area contributed by atoms with Crippen molar-refractivity contribution in [1.82, 2.24) is 4.90 Å². The van der Waals surface area contributed by atoms with Crippen molar-refractivity contribution < 1.29 is 9.53 Å². The van der Waals surface area contributed by atoms with Crippen LogP contribution in [0.5, 0.6) is 0 Å². The van der Waals surface area contributed by atoms with Gasteiger partial charge in [0.05, 0.1) is 6.61 Å². The zero-order valence-electron chi connectivity index (χ0n) is 11.2. The average molecular weight is 318 g/mol. The highest BCUT2D eigenvalue weighted by molar-refractivity contribution is 9.10. The van der Waals surface area contributed by atoms with Gasteiger partial charge in [-0.25, -0.2) is 0 Å². The summed E-state index contributed by atoms with van der Waals surface area (Å²) in [7, 11) is 0.